The van der Waals surface area contributed by atoms with Gasteiger partial charge in [-0.2, -0.15) is 0 Å². The summed E-state index contributed by atoms with van der Waals surface area (Å²) in [4.78, 5) is 20.0. The number of piperidine rings is 1. The average molecular weight is 466 g/mol. The highest BCUT2D eigenvalue weighted by atomic mass is 19.1. The quantitative estimate of drug-likeness (QED) is 0.522. The van der Waals surface area contributed by atoms with Crippen molar-refractivity contribution >= 4 is 5.91 Å². The number of carbonyl (C=O) groups is 1. The van der Waals surface area contributed by atoms with Crippen molar-refractivity contribution in [2.75, 3.05) is 26.2 Å². The third kappa shape index (κ3) is 5.78. The summed E-state index contributed by atoms with van der Waals surface area (Å²) in [7, 11) is 0. The Kier molecular flexibility index (Phi) is 7.53. The van der Waals surface area contributed by atoms with Gasteiger partial charge in [-0.25, -0.2) is 8.78 Å². The second-order valence-electron chi connectivity index (χ2n) is 8.89. The number of pyridine rings is 1. The van der Waals surface area contributed by atoms with Gasteiger partial charge in [0.2, 0.25) is 5.91 Å². The number of rotatable bonds is 8. The first kappa shape index (κ1) is 23.8. The lowest BCUT2D eigenvalue weighted by molar-refractivity contribution is -0.133. The van der Waals surface area contributed by atoms with Gasteiger partial charge in [0.25, 0.3) is 0 Å². The maximum Gasteiger partial charge on any atom is 0.226 e. The first-order valence-electron chi connectivity index (χ1n) is 11.5. The number of amides is 1. The summed E-state index contributed by atoms with van der Waals surface area (Å²) in [6.45, 7) is 4.52. The van der Waals surface area contributed by atoms with E-state index < -0.39 is 11.5 Å². The number of ether oxygens (including phenoxy) is 1. The molecule has 0 spiro atoms. The fourth-order valence-electron chi connectivity index (χ4n) is 4.18. The summed E-state index contributed by atoms with van der Waals surface area (Å²) in [6, 6.07) is 17.6. The van der Waals surface area contributed by atoms with Gasteiger partial charge in [0.05, 0.1) is 11.7 Å². The molecule has 4 rings (SSSR count). The van der Waals surface area contributed by atoms with Crippen molar-refractivity contribution in [3.05, 3.63) is 95.8 Å². The highest BCUT2D eigenvalue weighted by Gasteiger charge is 2.38. The molecule has 1 amide bonds. The lowest BCUT2D eigenvalue weighted by atomic mass is 9.79. The highest BCUT2D eigenvalue weighted by molar-refractivity contribution is 5.83. The molecule has 1 N–H and O–H groups in total. The molecule has 1 aliphatic heterocycles. The van der Waals surface area contributed by atoms with E-state index in [1.54, 1.807) is 36.5 Å². The van der Waals surface area contributed by atoms with Gasteiger partial charge in [-0.05, 0) is 67.9 Å². The van der Waals surface area contributed by atoms with Crippen LogP contribution in [0.4, 0.5) is 8.78 Å². The normalized spacial score (nSPS) is 16.6. The summed E-state index contributed by atoms with van der Waals surface area (Å²) in [6.07, 6.45) is 3.06. The predicted molar refractivity (Wildman–Crippen MR) is 126 cm³/mol. The van der Waals surface area contributed by atoms with E-state index in [9.17, 15) is 13.6 Å². The number of hydrogen-bond donors (Lipinski definition) is 1. The first-order chi connectivity index (χ1) is 16.4. The van der Waals surface area contributed by atoms with Crippen molar-refractivity contribution in [3.8, 4) is 5.75 Å². The molecule has 0 unspecified atom stereocenters. The summed E-state index contributed by atoms with van der Waals surface area (Å²) in [5, 5.41) is 3.16. The van der Waals surface area contributed by atoms with Crippen LogP contribution in [0.5, 0.6) is 5.75 Å². The third-order valence-electron chi connectivity index (χ3n) is 6.47. The lowest BCUT2D eigenvalue weighted by Crippen LogP contribution is -2.48. The maximum atomic E-state index is 13.7. The Morgan fingerprint density at radius 3 is 2.44 bits per heavy atom. The second kappa shape index (κ2) is 10.7. The van der Waals surface area contributed by atoms with Gasteiger partial charge in [-0.3, -0.25) is 14.7 Å². The van der Waals surface area contributed by atoms with Gasteiger partial charge < -0.3 is 10.1 Å². The van der Waals surface area contributed by atoms with Crippen molar-refractivity contribution < 1.29 is 18.3 Å². The van der Waals surface area contributed by atoms with Crippen LogP contribution in [0, 0.1) is 17.0 Å². The molecule has 3 aromatic rings. The van der Waals surface area contributed by atoms with Crippen LogP contribution in [0.3, 0.4) is 0 Å². The Morgan fingerprint density at radius 2 is 1.76 bits per heavy atom. The number of likely N-dealkylation sites (tertiary alicyclic amines) is 1. The standard InChI is InChI=1S/C27H29F2N3O2/c1-27(13-16-32(17-14-27)18-19-34-24-8-3-2-6-22(24)29)26(33)31-25(23-7-4-5-15-30-23)20-9-11-21(28)12-10-20/h2-12,15,25H,13-14,16-19H2,1H3,(H,31,33)/t25-/m0/s1. The number of nitrogens with one attached hydrogen (secondary N) is 1. The zero-order valence-electron chi connectivity index (χ0n) is 19.2. The first-order valence-corrected chi connectivity index (χ1v) is 11.5. The Labute approximate surface area is 198 Å². The number of nitrogens with zero attached hydrogens (tertiary/aromatic N) is 2. The van der Waals surface area contributed by atoms with Gasteiger partial charge in [-0.1, -0.05) is 37.3 Å². The predicted octanol–water partition coefficient (Wildman–Crippen LogP) is 4.75. The smallest absolute Gasteiger partial charge is 0.226 e. The van der Waals surface area contributed by atoms with Gasteiger partial charge in [0, 0.05) is 18.2 Å². The number of para-hydroxylation sites is 1. The van der Waals surface area contributed by atoms with Gasteiger partial charge in [-0.15, -0.1) is 0 Å². The van der Waals surface area contributed by atoms with Crippen molar-refractivity contribution in [1.82, 2.24) is 15.2 Å². The minimum Gasteiger partial charge on any atom is -0.489 e. The Bertz CT molecular complexity index is 1080. The van der Waals surface area contributed by atoms with Crippen molar-refractivity contribution in [2.45, 2.75) is 25.8 Å². The Balaban J connectivity index is 1.35. The molecule has 1 saturated heterocycles. The summed E-state index contributed by atoms with van der Waals surface area (Å²) in [5.74, 6) is -0.484. The van der Waals surface area contributed by atoms with Crippen LogP contribution in [0.15, 0.2) is 72.9 Å². The molecule has 0 saturated carbocycles. The van der Waals surface area contributed by atoms with E-state index in [2.05, 4.69) is 15.2 Å². The highest BCUT2D eigenvalue weighted by Crippen LogP contribution is 2.33. The van der Waals surface area contributed by atoms with Gasteiger partial charge >= 0.3 is 0 Å². The third-order valence-corrected chi connectivity index (χ3v) is 6.47. The number of carbonyl (C=O) groups excluding carboxylic acids is 1. The van der Waals surface area contributed by atoms with Crippen LogP contribution < -0.4 is 10.1 Å². The van der Waals surface area contributed by atoms with E-state index in [1.165, 1.54) is 18.2 Å². The van der Waals surface area contributed by atoms with Crippen molar-refractivity contribution in [2.24, 2.45) is 5.41 Å². The summed E-state index contributed by atoms with van der Waals surface area (Å²) < 4.78 is 32.8. The van der Waals surface area contributed by atoms with Crippen LogP contribution in [0.25, 0.3) is 0 Å². The molecule has 1 aromatic heterocycles. The zero-order chi connectivity index (χ0) is 24.0. The van der Waals surface area contributed by atoms with Crippen LogP contribution >= 0.6 is 0 Å². The number of aromatic nitrogens is 1. The Morgan fingerprint density at radius 1 is 1.06 bits per heavy atom. The SMILES string of the molecule is CC1(C(=O)N[C@@H](c2ccc(F)cc2)c2ccccn2)CCN(CCOc2ccccc2F)CC1. The van der Waals surface area contributed by atoms with Gasteiger partial charge in [0.1, 0.15) is 12.4 Å². The Hall–Kier alpha value is -3.32. The average Bonchev–Trinajstić information content (AvgIpc) is 2.86. The fraction of sp³-hybridized carbons (Fsp3) is 0.333. The fourth-order valence-corrected chi connectivity index (χ4v) is 4.18. The van der Waals surface area contributed by atoms with Crippen LogP contribution in [-0.2, 0) is 4.79 Å². The lowest BCUT2D eigenvalue weighted by Gasteiger charge is -2.39. The van der Waals surface area contributed by atoms with Crippen LogP contribution in [0.2, 0.25) is 0 Å². The maximum absolute atomic E-state index is 13.7. The molecule has 1 fully saturated rings. The van der Waals surface area contributed by atoms with E-state index in [-0.39, 0.29) is 23.3 Å². The molecule has 1 atom stereocenters. The topological polar surface area (TPSA) is 54.5 Å². The minimum absolute atomic E-state index is 0.0465. The number of hydrogen-bond acceptors (Lipinski definition) is 4. The molecule has 5 nitrogen and oxygen atoms in total. The summed E-state index contributed by atoms with van der Waals surface area (Å²) >= 11 is 0. The number of halogens is 2. The monoisotopic (exact) mass is 465 g/mol. The molecule has 0 aliphatic carbocycles. The van der Waals surface area contributed by atoms with Crippen LogP contribution in [-0.4, -0.2) is 42.0 Å². The van der Waals surface area contributed by atoms with Crippen LogP contribution in [0.1, 0.15) is 37.1 Å². The molecule has 0 bridgehead atoms. The molecule has 178 valence electrons. The molecule has 0 radical (unpaired) electrons. The van der Waals surface area contributed by atoms with Gasteiger partial charge in [0.15, 0.2) is 11.6 Å². The van der Waals surface area contributed by atoms with E-state index >= 15 is 0 Å². The molecule has 2 aromatic carbocycles. The van der Waals surface area contributed by atoms with Crippen molar-refractivity contribution in [3.63, 3.8) is 0 Å². The second-order valence-corrected chi connectivity index (χ2v) is 8.89. The van der Waals surface area contributed by atoms with E-state index in [1.807, 2.05) is 25.1 Å². The molecule has 2 heterocycles. The zero-order valence-corrected chi connectivity index (χ0v) is 19.2. The van der Waals surface area contributed by atoms with Crippen molar-refractivity contribution in [1.29, 1.82) is 0 Å². The molecule has 1 aliphatic rings. The molecular formula is C27H29F2N3O2. The summed E-state index contributed by atoms with van der Waals surface area (Å²) in [5.41, 5.74) is 0.948. The minimum atomic E-state index is -0.532. The number of benzene rings is 2. The van der Waals surface area contributed by atoms with E-state index in [0.29, 0.717) is 31.7 Å². The molecule has 34 heavy (non-hydrogen) atoms. The van der Waals surface area contributed by atoms with E-state index in [4.69, 9.17) is 4.74 Å². The molecule has 7 heteroatoms. The van der Waals surface area contributed by atoms with E-state index in [0.717, 1.165) is 18.7 Å². The largest absolute Gasteiger partial charge is 0.489 e. The molecular weight excluding hydrogens is 436 g/mol.